The van der Waals surface area contributed by atoms with Gasteiger partial charge in [-0.05, 0) is 23.8 Å². The van der Waals surface area contributed by atoms with Gasteiger partial charge in [-0.2, -0.15) is 0 Å². The van der Waals surface area contributed by atoms with Gasteiger partial charge >= 0.3 is 0 Å². The van der Waals surface area contributed by atoms with Gasteiger partial charge in [0.1, 0.15) is 0 Å². The Morgan fingerprint density at radius 2 is 2.06 bits per heavy atom. The third-order valence-corrected chi connectivity index (χ3v) is 4.18. The first-order valence-electron chi connectivity index (χ1n) is 6.38. The predicted octanol–water partition coefficient (Wildman–Crippen LogP) is 2.48. The minimum Gasteiger partial charge on any atom is -0.273 e. The van der Waals surface area contributed by atoms with E-state index in [1.54, 1.807) is 6.07 Å². The number of carbonyl (C=O) groups is 2. The van der Waals surface area contributed by atoms with Crippen LogP contribution in [0, 0.1) is 5.92 Å². The quantitative estimate of drug-likeness (QED) is 0.823. The van der Waals surface area contributed by atoms with Gasteiger partial charge in [-0.1, -0.05) is 31.7 Å². The summed E-state index contributed by atoms with van der Waals surface area (Å²) in [5.74, 6) is 0.342. The molecule has 1 saturated carbocycles. The van der Waals surface area contributed by atoms with Gasteiger partial charge in [0.2, 0.25) is 5.91 Å². The zero-order valence-electron chi connectivity index (χ0n) is 10.3. The Morgan fingerprint density at radius 1 is 1.28 bits per heavy atom. The maximum atomic E-state index is 11.6. The number of carbonyl (C=O) groups excluding carboxylic acids is 2. The van der Waals surface area contributed by atoms with Crippen LogP contribution in [-0.2, 0) is 4.79 Å². The van der Waals surface area contributed by atoms with Gasteiger partial charge < -0.3 is 0 Å². The molecular formula is C13H18N2O2S. The first-order valence-corrected chi connectivity index (χ1v) is 7.26. The number of hydrogen-bond acceptors (Lipinski definition) is 3. The van der Waals surface area contributed by atoms with Gasteiger partial charge in [0.05, 0.1) is 4.88 Å². The lowest BCUT2D eigenvalue weighted by molar-refractivity contribution is -0.122. The number of hydrazine groups is 1. The van der Waals surface area contributed by atoms with Crippen molar-refractivity contribution in [1.82, 2.24) is 10.9 Å². The van der Waals surface area contributed by atoms with Crippen molar-refractivity contribution in [3.63, 3.8) is 0 Å². The molecule has 0 aliphatic heterocycles. The highest BCUT2D eigenvalue weighted by Crippen LogP contribution is 2.28. The molecule has 1 heterocycles. The van der Waals surface area contributed by atoms with Crippen LogP contribution >= 0.6 is 11.3 Å². The molecule has 4 nitrogen and oxygen atoms in total. The zero-order chi connectivity index (χ0) is 12.8. The number of nitrogens with one attached hydrogen (secondary N) is 2. The Morgan fingerprint density at radius 3 is 2.72 bits per heavy atom. The van der Waals surface area contributed by atoms with Gasteiger partial charge in [-0.15, -0.1) is 11.3 Å². The van der Waals surface area contributed by atoms with Crippen LogP contribution in [0.1, 0.15) is 48.2 Å². The van der Waals surface area contributed by atoms with Crippen LogP contribution in [0.15, 0.2) is 17.5 Å². The average molecular weight is 266 g/mol. The molecule has 0 unspecified atom stereocenters. The average Bonchev–Trinajstić information content (AvgIpc) is 3.05. The summed E-state index contributed by atoms with van der Waals surface area (Å²) >= 11 is 1.35. The number of thiophene rings is 1. The molecule has 0 bridgehead atoms. The second-order valence-corrected chi connectivity index (χ2v) is 5.62. The topological polar surface area (TPSA) is 58.2 Å². The molecule has 2 amide bonds. The van der Waals surface area contributed by atoms with E-state index in [0.29, 0.717) is 17.2 Å². The molecule has 0 spiro atoms. The Hall–Kier alpha value is -1.36. The monoisotopic (exact) mass is 266 g/mol. The molecule has 0 saturated heterocycles. The summed E-state index contributed by atoms with van der Waals surface area (Å²) in [5, 5.41) is 1.83. The fourth-order valence-corrected chi connectivity index (χ4v) is 2.91. The Kier molecular flexibility index (Phi) is 4.75. The summed E-state index contributed by atoms with van der Waals surface area (Å²) < 4.78 is 0. The second kappa shape index (κ2) is 6.54. The summed E-state index contributed by atoms with van der Waals surface area (Å²) in [4.78, 5) is 23.7. The van der Waals surface area contributed by atoms with Gasteiger partial charge in [-0.3, -0.25) is 20.4 Å². The number of amides is 2. The molecule has 1 aliphatic rings. The third kappa shape index (κ3) is 3.84. The van der Waals surface area contributed by atoms with E-state index in [4.69, 9.17) is 0 Å². The minimum absolute atomic E-state index is 0.105. The number of rotatable bonds is 4. The van der Waals surface area contributed by atoms with Crippen LogP contribution in [0.25, 0.3) is 0 Å². The largest absolute Gasteiger partial charge is 0.279 e. The van der Waals surface area contributed by atoms with Crippen molar-refractivity contribution in [2.45, 2.75) is 38.5 Å². The van der Waals surface area contributed by atoms with Crippen molar-refractivity contribution in [3.8, 4) is 0 Å². The van der Waals surface area contributed by atoms with Crippen LogP contribution in [0.3, 0.4) is 0 Å². The van der Waals surface area contributed by atoms with E-state index in [9.17, 15) is 9.59 Å². The lowest BCUT2D eigenvalue weighted by Crippen LogP contribution is -2.41. The third-order valence-electron chi connectivity index (χ3n) is 3.31. The standard InChI is InChI=1S/C13H18N2O2S/c16-12(8-7-10-4-1-2-5-10)14-15-13(17)11-6-3-9-18-11/h3,6,9-10H,1-2,4-5,7-8H2,(H,14,16)(H,15,17). The zero-order valence-corrected chi connectivity index (χ0v) is 11.1. The molecule has 1 aliphatic carbocycles. The predicted molar refractivity (Wildman–Crippen MR) is 71.1 cm³/mol. The second-order valence-electron chi connectivity index (χ2n) is 4.67. The molecule has 0 radical (unpaired) electrons. The lowest BCUT2D eigenvalue weighted by atomic mass is 10.0. The van der Waals surface area contributed by atoms with E-state index < -0.39 is 0 Å². The molecule has 1 aromatic rings. The maximum absolute atomic E-state index is 11.6. The first kappa shape index (κ1) is 13.1. The van der Waals surface area contributed by atoms with E-state index >= 15 is 0 Å². The normalized spacial score (nSPS) is 15.6. The lowest BCUT2D eigenvalue weighted by Gasteiger charge is -2.09. The molecule has 0 atom stereocenters. The SMILES string of the molecule is O=C(CCC1CCCC1)NNC(=O)c1cccs1. The molecular weight excluding hydrogens is 248 g/mol. The highest BCUT2D eigenvalue weighted by atomic mass is 32.1. The van der Waals surface area contributed by atoms with E-state index in [0.717, 1.165) is 6.42 Å². The van der Waals surface area contributed by atoms with E-state index in [1.807, 2.05) is 11.4 Å². The fraction of sp³-hybridized carbons (Fsp3) is 0.538. The first-order chi connectivity index (χ1) is 8.75. The number of hydrogen-bond donors (Lipinski definition) is 2. The van der Waals surface area contributed by atoms with Crippen LogP contribution < -0.4 is 10.9 Å². The van der Waals surface area contributed by atoms with Gasteiger partial charge in [0, 0.05) is 6.42 Å². The minimum atomic E-state index is -0.251. The van der Waals surface area contributed by atoms with Crippen molar-refractivity contribution in [3.05, 3.63) is 22.4 Å². The summed E-state index contributed by atoms with van der Waals surface area (Å²) in [6.45, 7) is 0. The summed E-state index contributed by atoms with van der Waals surface area (Å²) in [6, 6.07) is 3.53. The summed E-state index contributed by atoms with van der Waals surface area (Å²) in [5.41, 5.74) is 4.90. The molecule has 2 rings (SSSR count). The van der Waals surface area contributed by atoms with E-state index in [2.05, 4.69) is 10.9 Å². The van der Waals surface area contributed by atoms with Crippen LogP contribution in [0.2, 0.25) is 0 Å². The van der Waals surface area contributed by atoms with Crippen molar-refractivity contribution in [2.24, 2.45) is 5.92 Å². The summed E-state index contributed by atoms with van der Waals surface area (Å²) in [7, 11) is 0. The van der Waals surface area contributed by atoms with E-state index in [-0.39, 0.29) is 11.8 Å². The van der Waals surface area contributed by atoms with Crippen LogP contribution in [-0.4, -0.2) is 11.8 Å². The Balaban J connectivity index is 1.63. The van der Waals surface area contributed by atoms with E-state index in [1.165, 1.54) is 37.0 Å². The molecule has 1 aromatic heterocycles. The van der Waals surface area contributed by atoms with Gasteiger partial charge in [0.15, 0.2) is 0 Å². The highest BCUT2D eigenvalue weighted by Gasteiger charge is 2.16. The van der Waals surface area contributed by atoms with Crippen LogP contribution in [0.5, 0.6) is 0 Å². The van der Waals surface area contributed by atoms with Crippen molar-refractivity contribution in [1.29, 1.82) is 0 Å². The molecule has 98 valence electrons. The summed E-state index contributed by atoms with van der Waals surface area (Å²) in [6.07, 6.45) is 6.50. The maximum Gasteiger partial charge on any atom is 0.279 e. The van der Waals surface area contributed by atoms with Crippen molar-refractivity contribution in [2.75, 3.05) is 0 Å². The molecule has 2 N–H and O–H groups in total. The smallest absolute Gasteiger partial charge is 0.273 e. The van der Waals surface area contributed by atoms with Crippen molar-refractivity contribution >= 4 is 23.2 Å². The molecule has 18 heavy (non-hydrogen) atoms. The van der Waals surface area contributed by atoms with Crippen LogP contribution in [0.4, 0.5) is 0 Å². The Labute approximate surface area is 111 Å². The van der Waals surface area contributed by atoms with Gasteiger partial charge in [0.25, 0.3) is 5.91 Å². The Bertz CT molecular complexity index is 397. The molecule has 5 heteroatoms. The van der Waals surface area contributed by atoms with Crippen molar-refractivity contribution < 1.29 is 9.59 Å². The highest BCUT2D eigenvalue weighted by molar-refractivity contribution is 7.12. The fourth-order valence-electron chi connectivity index (χ4n) is 2.29. The van der Waals surface area contributed by atoms with Gasteiger partial charge in [-0.25, -0.2) is 0 Å². The molecule has 1 fully saturated rings. The molecule has 0 aromatic carbocycles.